The number of fused-ring (bicyclic) bond motifs is 5. The number of hydrogen-bond donors (Lipinski definition) is 3. The van der Waals surface area contributed by atoms with Crippen molar-refractivity contribution in [1.82, 2.24) is 10.2 Å². The molecule has 3 amide bonds. The van der Waals surface area contributed by atoms with Crippen molar-refractivity contribution in [1.29, 1.82) is 0 Å². The third-order valence-electron chi connectivity index (χ3n) is 10.5. The van der Waals surface area contributed by atoms with E-state index in [4.69, 9.17) is 35.3 Å². The fraction of sp³-hybridized carbons (Fsp3) is 0.632. The molecule has 1 aromatic rings. The Kier molecular flexibility index (Phi) is 13.3. The number of likely N-dealkylation sites (N-methyl/N-ethyl adjacent to an activating group) is 1. The van der Waals surface area contributed by atoms with Crippen LogP contribution in [0.3, 0.4) is 0 Å². The Morgan fingerprint density at radius 1 is 1.26 bits per heavy atom. The number of halogens is 1. The maximum atomic E-state index is 14.1. The summed E-state index contributed by atoms with van der Waals surface area (Å²) in [4.78, 5) is 56.5. The Balaban J connectivity index is 1.74. The lowest BCUT2D eigenvalue weighted by atomic mass is 9.83. The second kappa shape index (κ2) is 16.6. The van der Waals surface area contributed by atoms with Crippen LogP contribution in [-0.2, 0) is 39.8 Å². The molecule has 1 aromatic carbocycles. The summed E-state index contributed by atoms with van der Waals surface area (Å²) in [7, 11) is 6.02. The lowest BCUT2D eigenvalue weighted by Gasteiger charge is -2.42. The lowest BCUT2D eigenvalue weighted by Crippen LogP contribution is -2.63. The molecule has 4 bridgehead atoms. The number of esters is 1. The first-order chi connectivity index (χ1) is 24.6. The van der Waals surface area contributed by atoms with Crippen LogP contribution in [0.15, 0.2) is 35.9 Å². The van der Waals surface area contributed by atoms with Crippen LogP contribution in [0.2, 0.25) is 5.02 Å². The zero-order valence-corrected chi connectivity index (χ0v) is 33.9. The number of nitrogens with one attached hydrogen (secondary N) is 1. The molecule has 0 spiro atoms. The van der Waals surface area contributed by atoms with Gasteiger partial charge < -0.3 is 38.6 Å². The fourth-order valence-corrected chi connectivity index (χ4v) is 7.23. The number of anilines is 1. The van der Waals surface area contributed by atoms with E-state index in [1.54, 1.807) is 52.1 Å². The number of rotatable bonds is 8. The molecule has 3 aliphatic rings. The van der Waals surface area contributed by atoms with Gasteiger partial charge in [-0.2, -0.15) is 12.6 Å². The topological polar surface area (TPSA) is 156 Å². The molecule has 0 aliphatic carbocycles. The molecule has 0 aromatic heterocycles. The third kappa shape index (κ3) is 9.88. The second-order valence-corrected chi connectivity index (χ2v) is 16.8. The van der Waals surface area contributed by atoms with E-state index in [0.717, 1.165) is 11.1 Å². The number of methoxy groups -OCH3 is 2. The average Bonchev–Trinajstić information content (AvgIpc) is 3.78. The van der Waals surface area contributed by atoms with E-state index < -0.39 is 65.7 Å². The Hall–Kier alpha value is -3.30. The molecule has 4 rings (SSSR count). The minimum Gasteiger partial charge on any atom is -0.495 e. The van der Waals surface area contributed by atoms with E-state index in [9.17, 15) is 24.3 Å². The summed E-state index contributed by atoms with van der Waals surface area (Å²) in [5, 5.41) is 14.5. The van der Waals surface area contributed by atoms with Gasteiger partial charge >= 0.3 is 12.1 Å². The van der Waals surface area contributed by atoms with E-state index >= 15 is 0 Å². The highest BCUT2D eigenvalue weighted by atomic mass is 35.5. The van der Waals surface area contributed by atoms with Crippen molar-refractivity contribution in [2.75, 3.05) is 33.2 Å². The fourth-order valence-electron chi connectivity index (χ4n) is 6.81. The van der Waals surface area contributed by atoms with Crippen molar-refractivity contribution in [2.45, 2.75) is 120 Å². The number of thiol groups is 1. The molecule has 2 N–H and O–H groups in total. The SMILES string of the molecule is COc1cc2cc(c1Cl)N(C)C(=O)C[C@H](OC(=O)[C@H](C)N(C)C(=O)CCC(C)(C)S)[C@]1(C)O[C@@H]1[C@H](C)C1C[C@@](O)(NC(=O)O1)[C@H](OC)/C=C/C=C(\C)C2. The van der Waals surface area contributed by atoms with Gasteiger partial charge in [-0.25, -0.2) is 9.59 Å². The summed E-state index contributed by atoms with van der Waals surface area (Å²) in [6.45, 7) is 10.8. The Morgan fingerprint density at radius 2 is 1.94 bits per heavy atom. The first-order valence-corrected chi connectivity index (χ1v) is 18.5. The average molecular weight is 780 g/mol. The first-order valence-electron chi connectivity index (χ1n) is 17.7. The van der Waals surface area contributed by atoms with Gasteiger partial charge in [-0.3, -0.25) is 14.9 Å². The lowest BCUT2D eigenvalue weighted by molar-refractivity contribution is -0.162. The second-order valence-electron chi connectivity index (χ2n) is 15.2. The number of epoxide rings is 1. The Bertz CT molecular complexity index is 1630. The van der Waals surface area contributed by atoms with Gasteiger partial charge in [0.1, 0.15) is 40.7 Å². The highest BCUT2D eigenvalue weighted by Gasteiger charge is 2.64. The quantitative estimate of drug-likeness (QED) is 0.187. The molecule has 3 aliphatic heterocycles. The summed E-state index contributed by atoms with van der Waals surface area (Å²) in [5.41, 5.74) is -0.916. The number of carbonyl (C=O) groups is 4. The van der Waals surface area contributed by atoms with E-state index in [1.807, 2.05) is 26.8 Å². The number of benzene rings is 1. The monoisotopic (exact) mass is 779 g/mol. The van der Waals surface area contributed by atoms with Crippen LogP contribution in [-0.4, -0.2) is 109 Å². The van der Waals surface area contributed by atoms with Crippen LogP contribution >= 0.6 is 24.2 Å². The number of nitrogens with zero attached hydrogens (tertiary/aromatic N) is 2. The minimum absolute atomic E-state index is 0.0509. The van der Waals surface area contributed by atoms with Crippen LogP contribution in [0.5, 0.6) is 5.75 Å². The number of allylic oxidation sites excluding steroid dienone is 3. The molecule has 2 fully saturated rings. The van der Waals surface area contributed by atoms with Crippen LogP contribution < -0.4 is 15.0 Å². The number of hydrogen-bond acceptors (Lipinski definition) is 11. The van der Waals surface area contributed by atoms with Gasteiger partial charge in [-0.1, -0.05) is 56.2 Å². The maximum Gasteiger partial charge on any atom is 0.409 e. The summed E-state index contributed by atoms with van der Waals surface area (Å²) in [6, 6.07) is 2.60. The Morgan fingerprint density at radius 3 is 2.57 bits per heavy atom. The molecule has 0 saturated carbocycles. The molecule has 294 valence electrons. The van der Waals surface area contributed by atoms with E-state index in [-0.39, 0.29) is 34.9 Å². The van der Waals surface area contributed by atoms with Gasteiger partial charge in [0.25, 0.3) is 0 Å². The molecule has 15 heteroatoms. The van der Waals surface area contributed by atoms with Crippen molar-refractivity contribution in [2.24, 2.45) is 5.92 Å². The summed E-state index contributed by atoms with van der Waals surface area (Å²) < 4.78 is 28.8. The molecule has 8 atom stereocenters. The predicted octanol–water partition coefficient (Wildman–Crippen LogP) is 5.00. The zero-order chi connectivity index (χ0) is 39.6. The standard InChI is InChI=1S/C38H54ClN3O10S/c1-21-12-11-13-28(49-10)38(47)20-27(50-35(46)40-38)22(2)33-37(6,52-33)29(51-34(45)23(3)41(7)30(43)14-15-36(4,5)53)19-31(44)42(8)25-17-24(16-21)18-26(48-9)32(25)39/h11-13,17-18,22-23,27-29,33,47,53H,14-16,19-20H2,1-10H3,(H,40,46)/b13-11+,21-12+/t22-,23+,27?,28-,29+,33-,37+,38+/m1/s1. The minimum atomic E-state index is -1.83. The molecule has 2 saturated heterocycles. The number of alkyl carbamates (subject to hydrolysis) is 1. The van der Waals surface area contributed by atoms with Gasteiger partial charge in [-0.05, 0) is 51.3 Å². The van der Waals surface area contributed by atoms with Crippen molar-refractivity contribution >= 4 is 53.8 Å². The van der Waals surface area contributed by atoms with Gasteiger partial charge in [0.05, 0.1) is 25.3 Å². The normalized spacial score (nSPS) is 31.5. The van der Waals surface area contributed by atoms with Crippen molar-refractivity contribution < 1.29 is 48.0 Å². The van der Waals surface area contributed by atoms with Crippen molar-refractivity contribution in [3.05, 3.63) is 46.5 Å². The molecule has 53 heavy (non-hydrogen) atoms. The van der Waals surface area contributed by atoms with Crippen LogP contribution in [0.4, 0.5) is 10.5 Å². The third-order valence-corrected chi connectivity index (χ3v) is 11.1. The van der Waals surface area contributed by atoms with Crippen molar-refractivity contribution in [3.63, 3.8) is 0 Å². The molecule has 0 radical (unpaired) electrons. The highest BCUT2D eigenvalue weighted by Crippen LogP contribution is 2.49. The Labute approximate surface area is 322 Å². The van der Waals surface area contributed by atoms with Crippen LogP contribution in [0.25, 0.3) is 0 Å². The molecule has 13 nitrogen and oxygen atoms in total. The summed E-state index contributed by atoms with van der Waals surface area (Å²) >= 11 is 11.3. The molecule has 3 heterocycles. The van der Waals surface area contributed by atoms with Gasteiger partial charge in [-0.15, -0.1) is 0 Å². The number of amides is 3. The number of carbonyl (C=O) groups excluding carboxylic acids is 4. The largest absolute Gasteiger partial charge is 0.495 e. The predicted molar refractivity (Wildman–Crippen MR) is 203 cm³/mol. The molecule has 1 unspecified atom stereocenters. The summed E-state index contributed by atoms with van der Waals surface area (Å²) in [6.07, 6.45) is 1.61. The van der Waals surface area contributed by atoms with Gasteiger partial charge in [0.15, 0.2) is 5.72 Å². The van der Waals surface area contributed by atoms with E-state index in [1.165, 1.54) is 31.1 Å². The van der Waals surface area contributed by atoms with Gasteiger partial charge in [0.2, 0.25) is 11.8 Å². The van der Waals surface area contributed by atoms with Gasteiger partial charge in [0, 0.05) is 44.7 Å². The molecular formula is C38H54ClN3O10S. The van der Waals surface area contributed by atoms with E-state index in [2.05, 4.69) is 17.9 Å². The highest BCUT2D eigenvalue weighted by molar-refractivity contribution is 7.81. The van der Waals surface area contributed by atoms with Crippen molar-refractivity contribution in [3.8, 4) is 5.75 Å². The maximum absolute atomic E-state index is 14.1. The summed E-state index contributed by atoms with van der Waals surface area (Å²) in [5.74, 6) is -1.58. The number of ether oxygens (including phenoxy) is 5. The zero-order valence-electron chi connectivity index (χ0n) is 32.2. The smallest absolute Gasteiger partial charge is 0.409 e. The van der Waals surface area contributed by atoms with Crippen LogP contribution in [0.1, 0.15) is 72.8 Å². The first kappa shape index (κ1) is 42.4. The van der Waals surface area contributed by atoms with E-state index in [0.29, 0.717) is 24.3 Å². The number of aliphatic hydroxyl groups is 1. The molecular weight excluding hydrogens is 726 g/mol. The van der Waals surface area contributed by atoms with Crippen LogP contribution in [0, 0.1) is 5.92 Å².